The van der Waals surface area contributed by atoms with E-state index in [-0.39, 0.29) is 11.6 Å². The smallest absolute Gasteiger partial charge is 0.292 e. The second kappa shape index (κ2) is 6.72. The van der Waals surface area contributed by atoms with Crippen molar-refractivity contribution in [1.82, 2.24) is 4.90 Å². The number of likely N-dealkylation sites (N-methyl/N-ethyl adjacent to an activating group) is 1. The Morgan fingerprint density at radius 1 is 1.37 bits per heavy atom. The van der Waals surface area contributed by atoms with Crippen LogP contribution < -0.4 is 5.32 Å². The van der Waals surface area contributed by atoms with Gasteiger partial charge in [0.15, 0.2) is 0 Å². The van der Waals surface area contributed by atoms with E-state index < -0.39 is 11.0 Å². The lowest BCUT2D eigenvalue weighted by Crippen LogP contribution is -2.41. The van der Waals surface area contributed by atoms with Crippen molar-refractivity contribution in [1.29, 1.82) is 0 Å². The van der Waals surface area contributed by atoms with Crippen LogP contribution >= 0.6 is 0 Å². The third-order valence-corrected chi connectivity index (χ3v) is 2.92. The number of benzene rings is 1. The summed E-state index contributed by atoms with van der Waals surface area (Å²) in [4.78, 5) is 24.2. The summed E-state index contributed by atoms with van der Waals surface area (Å²) in [7, 11) is 0. The van der Waals surface area contributed by atoms with Crippen LogP contribution in [0.3, 0.4) is 0 Å². The first kappa shape index (κ1) is 14.9. The molecule has 0 saturated carbocycles. The van der Waals surface area contributed by atoms with Crippen LogP contribution in [0.2, 0.25) is 0 Å². The molecule has 0 aliphatic heterocycles. The second-order valence-corrected chi connectivity index (χ2v) is 4.15. The number of anilines is 1. The Bertz CT molecular complexity index is 458. The van der Waals surface area contributed by atoms with E-state index >= 15 is 0 Å². The Hall–Kier alpha value is -2.11. The van der Waals surface area contributed by atoms with Gasteiger partial charge in [0.05, 0.1) is 4.92 Å². The maximum absolute atomic E-state index is 12.1. The summed E-state index contributed by atoms with van der Waals surface area (Å²) in [6.07, 6.45) is 0. The van der Waals surface area contributed by atoms with Crippen molar-refractivity contribution in [3.05, 3.63) is 34.4 Å². The fraction of sp³-hybridized carbons (Fsp3) is 0.462. The van der Waals surface area contributed by atoms with E-state index in [1.54, 1.807) is 30.0 Å². The van der Waals surface area contributed by atoms with Crippen LogP contribution in [0.4, 0.5) is 11.4 Å². The molecule has 0 heterocycles. The van der Waals surface area contributed by atoms with Crippen molar-refractivity contribution in [2.45, 2.75) is 26.8 Å². The van der Waals surface area contributed by atoms with Crippen LogP contribution in [-0.2, 0) is 4.79 Å². The first-order chi connectivity index (χ1) is 9.01. The summed E-state index contributed by atoms with van der Waals surface area (Å²) >= 11 is 0. The van der Waals surface area contributed by atoms with Gasteiger partial charge in [-0.1, -0.05) is 12.1 Å². The number of para-hydroxylation sites is 2. The van der Waals surface area contributed by atoms with Crippen molar-refractivity contribution < 1.29 is 9.72 Å². The molecule has 0 aliphatic rings. The van der Waals surface area contributed by atoms with Crippen molar-refractivity contribution >= 4 is 17.3 Å². The average molecular weight is 265 g/mol. The van der Waals surface area contributed by atoms with E-state index in [1.165, 1.54) is 6.07 Å². The molecular weight excluding hydrogens is 246 g/mol. The van der Waals surface area contributed by atoms with Crippen LogP contribution in [-0.4, -0.2) is 34.9 Å². The lowest BCUT2D eigenvalue weighted by molar-refractivity contribution is -0.384. The Morgan fingerprint density at radius 2 is 1.95 bits per heavy atom. The number of nitro benzene ring substituents is 1. The molecule has 0 aromatic heterocycles. The zero-order chi connectivity index (χ0) is 14.4. The van der Waals surface area contributed by atoms with Crippen LogP contribution in [0, 0.1) is 10.1 Å². The number of amides is 1. The standard InChI is InChI=1S/C13H19N3O3/c1-4-15(5-2)13(17)10(3)14-11-8-6-7-9-12(11)16(18)19/h6-10,14H,4-5H2,1-3H3. The second-order valence-electron chi connectivity index (χ2n) is 4.15. The fourth-order valence-electron chi connectivity index (χ4n) is 1.86. The molecule has 1 atom stereocenters. The van der Waals surface area contributed by atoms with Crippen molar-refractivity contribution in [3.63, 3.8) is 0 Å². The van der Waals surface area contributed by atoms with E-state index in [1.807, 2.05) is 13.8 Å². The van der Waals surface area contributed by atoms with Crippen LogP contribution in [0.5, 0.6) is 0 Å². The maximum atomic E-state index is 12.1. The number of hydrogen-bond donors (Lipinski definition) is 1. The predicted molar refractivity (Wildman–Crippen MR) is 74.1 cm³/mol. The summed E-state index contributed by atoms with van der Waals surface area (Å²) in [6.45, 7) is 6.76. The van der Waals surface area contributed by atoms with Gasteiger partial charge in [0.1, 0.15) is 11.7 Å². The molecule has 1 unspecified atom stereocenters. The number of carbonyl (C=O) groups is 1. The van der Waals surface area contributed by atoms with E-state index in [0.29, 0.717) is 18.8 Å². The van der Waals surface area contributed by atoms with Crippen molar-refractivity contribution in [2.24, 2.45) is 0 Å². The third kappa shape index (κ3) is 3.67. The molecule has 1 amide bonds. The Labute approximate surface area is 112 Å². The third-order valence-electron chi connectivity index (χ3n) is 2.92. The molecule has 1 aromatic rings. The molecule has 1 aromatic carbocycles. The van der Waals surface area contributed by atoms with Gasteiger partial charge >= 0.3 is 0 Å². The lowest BCUT2D eigenvalue weighted by atomic mass is 10.2. The monoisotopic (exact) mass is 265 g/mol. The molecular formula is C13H19N3O3. The molecule has 1 N–H and O–H groups in total. The minimum absolute atomic E-state index is 0.0262. The van der Waals surface area contributed by atoms with Crippen LogP contribution in [0.25, 0.3) is 0 Å². The molecule has 0 saturated heterocycles. The van der Waals surface area contributed by atoms with Gasteiger partial charge in [0.2, 0.25) is 5.91 Å². The molecule has 1 rings (SSSR count). The SMILES string of the molecule is CCN(CC)C(=O)C(C)Nc1ccccc1[N+](=O)[O-]. The van der Waals surface area contributed by atoms with E-state index in [9.17, 15) is 14.9 Å². The largest absolute Gasteiger partial charge is 0.368 e. The highest BCUT2D eigenvalue weighted by atomic mass is 16.6. The summed E-state index contributed by atoms with van der Waals surface area (Å²) in [5.74, 6) is -0.0665. The first-order valence-electron chi connectivity index (χ1n) is 6.30. The van der Waals surface area contributed by atoms with Gasteiger partial charge in [-0.2, -0.15) is 0 Å². The fourth-order valence-corrected chi connectivity index (χ4v) is 1.86. The predicted octanol–water partition coefficient (Wildman–Crippen LogP) is 2.26. The summed E-state index contributed by atoms with van der Waals surface area (Å²) in [5, 5.41) is 13.8. The van der Waals surface area contributed by atoms with E-state index in [4.69, 9.17) is 0 Å². The zero-order valence-corrected chi connectivity index (χ0v) is 11.4. The highest BCUT2D eigenvalue weighted by molar-refractivity contribution is 5.85. The summed E-state index contributed by atoms with van der Waals surface area (Å²) < 4.78 is 0. The molecule has 0 bridgehead atoms. The summed E-state index contributed by atoms with van der Waals surface area (Å²) in [6, 6.07) is 5.81. The maximum Gasteiger partial charge on any atom is 0.292 e. The highest BCUT2D eigenvalue weighted by Crippen LogP contribution is 2.24. The number of nitro groups is 1. The van der Waals surface area contributed by atoms with Gasteiger partial charge in [0.25, 0.3) is 5.69 Å². The molecule has 19 heavy (non-hydrogen) atoms. The van der Waals surface area contributed by atoms with Gasteiger partial charge in [-0.25, -0.2) is 0 Å². The number of nitrogens with zero attached hydrogens (tertiary/aromatic N) is 2. The van der Waals surface area contributed by atoms with Gasteiger partial charge < -0.3 is 10.2 Å². The Morgan fingerprint density at radius 3 is 2.47 bits per heavy atom. The quantitative estimate of drug-likeness (QED) is 0.632. The normalized spacial score (nSPS) is 11.7. The zero-order valence-electron chi connectivity index (χ0n) is 11.4. The van der Waals surface area contributed by atoms with Crippen LogP contribution in [0.15, 0.2) is 24.3 Å². The molecule has 6 heteroatoms. The molecule has 0 fully saturated rings. The number of nitrogens with one attached hydrogen (secondary N) is 1. The van der Waals surface area contributed by atoms with Gasteiger partial charge in [-0.15, -0.1) is 0 Å². The Kier molecular flexibility index (Phi) is 5.29. The van der Waals surface area contributed by atoms with Gasteiger partial charge in [-0.3, -0.25) is 14.9 Å². The Balaban J connectivity index is 2.85. The van der Waals surface area contributed by atoms with Crippen molar-refractivity contribution in [3.8, 4) is 0 Å². The minimum Gasteiger partial charge on any atom is -0.368 e. The molecule has 0 aliphatic carbocycles. The van der Waals surface area contributed by atoms with E-state index in [0.717, 1.165) is 0 Å². The number of rotatable bonds is 6. The minimum atomic E-state index is -0.499. The van der Waals surface area contributed by atoms with Gasteiger partial charge in [0, 0.05) is 19.2 Å². The van der Waals surface area contributed by atoms with Crippen LogP contribution in [0.1, 0.15) is 20.8 Å². The summed E-state index contributed by atoms with van der Waals surface area (Å²) in [5.41, 5.74) is 0.335. The number of hydrogen-bond acceptors (Lipinski definition) is 4. The molecule has 0 spiro atoms. The first-order valence-corrected chi connectivity index (χ1v) is 6.30. The lowest BCUT2D eigenvalue weighted by Gasteiger charge is -2.23. The number of carbonyl (C=O) groups excluding carboxylic acids is 1. The highest BCUT2D eigenvalue weighted by Gasteiger charge is 2.21. The topological polar surface area (TPSA) is 75.5 Å². The van der Waals surface area contributed by atoms with Crippen molar-refractivity contribution in [2.75, 3.05) is 18.4 Å². The molecule has 104 valence electrons. The molecule has 0 radical (unpaired) electrons. The average Bonchev–Trinajstić information content (AvgIpc) is 2.40. The van der Waals surface area contributed by atoms with E-state index in [2.05, 4.69) is 5.32 Å². The molecule has 6 nitrogen and oxygen atoms in total. The van der Waals surface area contributed by atoms with Gasteiger partial charge in [-0.05, 0) is 26.8 Å².